The van der Waals surface area contributed by atoms with Crippen LogP contribution in [-0.2, 0) is 4.79 Å². The summed E-state index contributed by atoms with van der Waals surface area (Å²) in [6.45, 7) is 2.16. The van der Waals surface area contributed by atoms with Gasteiger partial charge in [-0.3, -0.25) is 4.79 Å². The molecule has 0 spiro atoms. The van der Waals surface area contributed by atoms with Gasteiger partial charge in [0.15, 0.2) is 0 Å². The molecule has 0 saturated carbocycles. The second kappa shape index (κ2) is 7.06. The van der Waals surface area contributed by atoms with Gasteiger partial charge in [0.2, 0.25) is 6.41 Å². The molecule has 0 aromatic carbocycles. The number of nitrogens with one attached hydrogen (secondary N) is 1. The summed E-state index contributed by atoms with van der Waals surface area (Å²) in [6, 6.07) is 0. The third-order valence-corrected chi connectivity index (χ3v) is 2.03. The van der Waals surface area contributed by atoms with Crippen LogP contribution < -0.4 is 5.32 Å². The molecular formula is C7H14BrNO. The standard InChI is InChI=1S/C7H14BrNO/c1-2-3-4-5-7(8)9-6-10/h6-7H,2-5H2,1H3,(H,9,10). The van der Waals surface area contributed by atoms with Crippen LogP contribution in [0.25, 0.3) is 0 Å². The van der Waals surface area contributed by atoms with Crippen molar-refractivity contribution in [3.63, 3.8) is 0 Å². The minimum absolute atomic E-state index is 0.163. The first-order valence-corrected chi connectivity index (χ1v) is 4.56. The van der Waals surface area contributed by atoms with E-state index in [0.717, 1.165) is 12.8 Å². The lowest BCUT2D eigenvalue weighted by atomic mass is 10.2. The maximum absolute atomic E-state index is 9.91. The Balaban J connectivity index is 3.04. The van der Waals surface area contributed by atoms with Crippen molar-refractivity contribution in [3.05, 3.63) is 0 Å². The average molecular weight is 208 g/mol. The highest BCUT2D eigenvalue weighted by Crippen LogP contribution is 2.07. The Bertz CT molecular complexity index is 87.7. The summed E-state index contributed by atoms with van der Waals surface area (Å²) in [5.41, 5.74) is 0. The summed E-state index contributed by atoms with van der Waals surface area (Å²) in [6.07, 6.45) is 5.38. The lowest BCUT2D eigenvalue weighted by molar-refractivity contribution is -0.109. The van der Waals surface area contributed by atoms with E-state index < -0.39 is 0 Å². The normalized spacial score (nSPS) is 12.6. The molecule has 2 nitrogen and oxygen atoms in total. The first-order valence-electron chi connectivity index (χ1n) is 3.65. The lowest BCUT2D eigenvalue weighted by Crippen LogP contribution is -2.20. The van der Waals surface area contributed by atoms with Crippen molar-refractivity contribution in [3.8, 4) is 0 Å². The smallest absolute Gasteiger partial charge is 0.207 e. The Morgan fingerprint density at radius 2 is 2.30 bits per heavy atom. The largest absolute Gasteiger partial charge is 0.346 e. The average Bonchev–Trinajstić information content (AvgIpc) is 1.89. The van der Waals surface area contributed by atoms with E-state index in [-0.39, 0.29) is 4.95 Å². The van der Waals surface area contributed by atoms with Crippen LogP contribution in [0, 0.1) is 0 Å². The number of unbranched alkanes of at least 4 members (excludes halogenated alkanes) is 2. The molecule has 0 fully saturated rings. The summed E-state index contributed by atoms with van der Waals surface area (Å²) in [5, 5.41) is 2.64. The molecule has 0 aliphatic carbocycles. The van der Waals surface area contributed by atoms with Crippen molar-refractivity contribution in [2.75, 3.05) is 0 Å². The third kappa shape index (κ3) is 6.08. The third-order valence-electron chi connectivity index (χ3n) is 1.31. The van der Waals surface area contributed by atoms with Crippen molar-refractivity contribution < 1.29 is 4.79 Å². The number of carbonyl (C=O) groups is 1. The number of amides is 1. The molecule has 1 unspecified atom stereocenters. The second-order valence-electron chi connectivity index (χ2n) is 2.25. The van der Waals surface area contributed by atoms with Gasteiger partial charge < -0.3 is 5.32 Å². The van der Waals surface area contributed by atoms with E-state index in [0.29, 0.717) is 0 Å². The van der Waals surface area contributed by atoms with Crippen molar-refractivity contribution in [2.45, 2.75) is 37.6 Å². The molecule has 0 aliphatic heterocycles. The van der Waals surface area contributed by atoms with Crippen LogP contribution in [0.2, 0.25) is 0 Å². The molecule has 3 heteroatoms. The van der Waals surface area contributed by atoms with E-state index in [2.05, 4.69) is 28.2 Å². The van der Waals surface area contributed by atoms with E-state index in [9.17, 15) is 4.79 Å². The molecule has 1 amide bonds. The summed E-state index contributed by atoms with van der Waals surface area (Å²) in [7, 11) is 0. The van der Waals surface area contributed by atoms with Crippen LogP contribution in [-0.4, -0.2) is 11.4 Å². The number of hydrogen-bond acceptors (Lipinski definition) is 1. The topological polar surface area (TPSA) is 29.1 Å². The summed E-state index contributed by atoms with van der Waals surface area (Å²) >= 11 is 3.33. The Kier molecular flexibility index (Phi) is 7.03. The van der Waals surface area contributed by atoms with Gasteiger partial charge in [0, 0.05) is 0 Å². The predicted molar refractivity (Wildman–Crippen MR) is 46.1 cm³/mol. The number of carbonyl (C=O) groups excluding carboxylic acids is 1. The van der Waals surface area contributed by atoms with Crippen molar-refractivity contribution in [1.29, 1.82) is 0 Å². The van der Waals surface area contributed by atoms with Crippen molar-refractivity contribution in [2.24, 2.45) is 0 Å². The van der Waals surface area contributed by atoms with Crippen LogP contribution >= 0.6 is 15.9 Å². The molecule has 60 valence electrons. The van der Waals surface area contributed by atoms with Crippen LogP contribution in [0.1, 0.15) is 32.6 Å². The van der Waals surface area contributed by atoms with E-state index in [1.165, 1.54) is 19.3 Å². The fourth-order valence-corrected chi connectivity index (χ4v) is 1.16. The zero-order valence-corrected chi connectivity index (χ0v) is 7.86. The molecule has 0 aromatic rings. The quantitative estimate of drug-likeness (QED) is 0.307. The molecule has 0 aliphatic rings. The minimum atomic E-state index is 0.163. The van der Waals surface area contributed by atoms with Gasteiger partial charge >= 0.3 is 0 Å². The fraction of sp³-hybridized carbons (Fsp3) is 0.857. The molecular weight excluding hydrogens is 194 g/mol. The molecule has 10 heavy (non-hydrogen) atoms. The lowest BCUT2D eigenvalue weighted by Gasteiger charge is -2.05. The van der Waals surface area contributed by atoms with Gasteiger partial charge in [-0.25, -0.2) is 0 Å². The van der Waals surface area contributed by atoms with Gasteiger partial charge in [0.1, 0.15) is 0 Å². The second-order valence-corrected chi connectivity index (χ2v) is 3.35. The van der Waals surface area contributed by atoms with Gasteiger partial charge in [0.05, 0.1) is 4.95 Å². The van der Waals surface area contributed by atoms with E-state index in [1.54, 1.807) is 0 Å². The van der Waals surface area contributed by atoms with E-state index >= 15 is 0 Å². The molecule has 0 bridgehead atoms. The monoisotopic (exact) mass is 207 g/mol. The number of rotatable bonds is 6. The molecule has 0 aromatic heterocycles. The van der Waals surface area contributed by atoms with Gasteiger partial charge in [0.25, 0.3) is 0 Å². The maximum Gasteiger partial charge on any atom is 0.207 e. The minimum Gasteiger partial charge on any atom is -0.346 e. The van der Waals surface area contributed by atoms with Crippen molar-refractivity contribution >= 4 is 22.3 Å². The predicted octanol–water partition coefficient (Wildman–Crippen LogP) is 2.03. The maximum atomic E-state index is 9.91. The van der Waals surface area contributed by atoms with Gasteiger partial charge in [-0.1, -0.05) is 42.1 Å². The SMILES string of the molecule is CCCCCC(Br)NC=O. The molecule has 0 saturated heterocycles. The number of hydrogen-bond donors (Lipinski definition) is 1. The summed E-state index contributed by atoms with van der Waals surface area (Å²) in [4.78, 5) is 10.1. The Labute approximate surface area is 70.5 Å². The zero-order chi connectivity index (χ0) is 7.82. The number of alkyl halides is 1. The molecule has 0 heterocycles. The van der Waals surface area contributed by atoms with Gasteiger partial charge in [-0.15, -0.1) is 0 Å². The Hall–Kier alpha value is -0.0500. The Morgan fingerprint density at radius 3 is 2.80 bits per heavy atom. The van der Waals surface area contributed by atoms with Crippen LogP contribution in [0.5, 0.6) is 0 Å². The molecule has 0 radical (unpaired) electrons. The van der Waals surface area contributed by atoms with E-state index in [4.69, 9.17) is 0 Å². The molecule has 0 rings (SSSR count). The first kappa shape index (κ1) is 9.95. The zero-order valence-electron chi connectivity index (χ0n) is 6.27. The van der Waals surface area contributed by atoms with Crippen LogP contribution in [0.15, 0.2) is 0 Å². The van der Waals surface area contributed by atoms with Crippen LogP contribution in [0.4, 0.5) is 0 Å². The van der Waals surface area contributed by atoms with Crippen LogP contribution in [0.3, 0.4) is 0 Å². The van der Waals surface area contributed by atoms with Gasteiger partial charge in [-0.2, -0.15) is 0 Å². The highest BCUT2D eigenvalue weighted by Gasteiger charge is 1.98. The van der Waals surface area contributed by atoms with E-state index in [1.807, 2.05) is 0 Å². The Morgan fingerprint density at radius 1 is 1.60 bits per heavy atom. The van der Waals surface area contributed by atoms with Gasteiger partial charge in [-0.05, 0) is 6.42 Å². The summed E-state index contributed by atoms with van der Waals surface area (Å²) < 4.78 is 0. The number of halogens is 1. The molecule has 1 atom stereocenters. The van der Waals surface area contributed by atoms with Crippen molar-refractivity contribution in [1.82, 2.24) is 5.32 Å². The fourth-order valence-electron chi connectivity index (χ4n) is 0.731. The summed E-state index contributed by atoms with van der Waals surface area (Å²) in [5.74, 6) is 0. The highest BCUT2D eigenvalue weighted by atomic mass is 79.9. The molecule has 1 N–H and O–H groups in total. The highest BCUT2D eigenvalue weighted by molar-refractivity contribution is 9.09. The first-order chi connectivity index (χ1) is 4.81.